The van der Waals surface area contributed by atoms with Gasteiger partial charge in [-0.1, -0.05) is 30.3 Å². The van der Waals surface area contributed by atoms with Gasteiger partial charge in [0.05, 0.1) is 4.90 Å². The molecule has 7 heteroatoms. The maximum atomic E-state index is 12.2. The fraction of sp³-hybridized carbons (Fsp3) is 0.111. The molecule has 0 aliphatic rings. The number of nitrogens with one attached hydrogen (secondary N) is 1. The molecular weight excluding hydrogens is 340 g/mol. The Kier molecular flexibility index (Phi) is 4.41. The molecule has 25 heavy (non-hydrogen) atoms. The first-order valence-electron chi connectivity index (χ1n) is 7.50. The van der Waals surface area contributed by atoms with Gasteiger partial charge in [-0.3, -0.25) is 4.79 Å². The van der Waals surface area contributed by atoms with Crippen molar-refractivity contribution in [2.24, 2.45) is 0 Å². The zero-order chi connectivity index (χ0) is 18.0. The number of carbonyl (C=O) groups is 1. The number of hydrogen-bond acceptors (Lipinski definition) is 5. The first kappa shape index (κ1) is 16.9. The number of hydrogen-bond donors (Lipinski definition) is 2. The molecule has 0 saturated carbocycles. The summed E-state index contributed by atoms with van der Waals surface area (Å²) in [7, 11) is -3.24. The summed E-state index contributed by atoms with van der Waals surface area (Å²) in [6.07, 6.45) is 1.14. The average molecular weight is 356 g/mol. The van der Waals surface area contributed by atoms with E-state index in [0.29, 0.717) is 5.52 Å². The Labute approximate surface area is 145 Å². The molecule has 1 amide bonds. The van der Waals surface area contributed by atoms with Crippen LogP contribution in [0.3, 0.4) is 0 Å². The van der Waals surface area contributed by atoms with E-state index in [1.165, 1.54) is 18.2 Å². The van der Waals surface area contributed by atoms with Crippen molar-refractivity contribution in [2.75, 3.05) is 6.26 Å². The van der Waals surface area contributed by atoms with Crippen LogP contribution in [0.4, 0.5) is 0 Å². The summed E-state index contributed by atoms with van der Waals surface area (Å²) in [5.41, 5.74) is 1.33. The van der Waals surface area contributed by atoms with E-state index in [4.69, 9.17) is 0 Å². The topological polar surface area (TPSA) is 96.4 Å². The second kappa shape index (κ2) is 6.52. The lowest BCUT2D eigenvalue weighted by Gasteiger charge is -2.07. The molecule has 0 aliphatic carbocycles. The van der Waals surface area contributed by atoms with Crippen LogP contribution >= 0.6 is 0 Å². The second-order valence-electron chi connectivity index (χ2n) is 5.64. The largest absolute Gasteiger partial charge is 0.506 e. The van der Waals surface area contributed by atoms with E-state index in [2.05, 4.69) is 10.3 Å². The fourth-order valence-corrected chi connectivity index (χ4v) is 3.02. The molecule has 0 spiro atoms. The number of sulfone groups is 1. The molecule has 3 rings (SSSR count). The number of nitrogens with zero attached hydrogens (tertiary/aromatic N) is 1. The minimum atomic E-state index is -3.24. The Balaban J connectivity index is 1.73. The molecule has 0 radical (unpaired) electrons. The molecule has 0 atom stereocenters. The maximum absolute atomic E-state index is 12.2. The first-order valence-corrected chi connectivity index (χ1v) is 9.40. The summed E-state index contributed by atoms with van der Waals surface area (Å²) in [6, 6.07) is 14.6. The van der Waals surface area contributed by atoms with E-state index in [9.17, 15) is 18.3 Å². The molecule has 0 bridgehead atoms. The Hall–Kier alpha value is -2.93. The minimum absolute atomic E-state index is 0.0171. The van der Waals surface area contributed by atoms with E-state index in [0.717, 1.165) is 17.2 Å². The minimum Gasteiger partial charge on any atom is -0.506 e. The zero-order valence-electron chi connectivity index (χ0n) is 13.4. The molecule has 0 saturated heterocycles. The van der Waals surface area contributed by atoms with Gasteiger partial charge in [-0.2, -0.15) is 0 Å². The number of aromatic hydroxyl groups is 1. The van der Waals surface area contributed by atoms with Crippen molar-refractivity contribution in [3.63, 3.8) is 0 Å². The number of fused-ring (bicyclic) bond motifs is 1. The lowest BCUT2D eigenvalue weighted by atomic mass is 10.2. The van der Waals surface area contributed by atoms with Crippen LogP contribution in [0.25, 0.3) is 10.9 Å². The van der Waals surface area contributed by atoms with Crippen LogP contribution in [0.5, 0.6) is 5.75 Å². The SMILES string of the molecule is CS(=O)(=O)c1ccc(CNC(=O)c2ccc3cccc(O)c3n2)cc1. The predicted molar refractivity (Wildman–Crippen MR) is 94.1 cm³/mol. The molecule has 6 nitrogen and oxygen atoms in total. The summed E-state index contributed by atoms with van der Waals surface area (Å²) in [6.45, 7) is 0.239. The van der Waals surface area contributed by atoms with Crippen molar-refractivity contribution < 1.29 is 18.3 Å². The lowest BCUT2D eigenvalue weighted by Crippen LogP contribution is -2.23. The quantitative estimate of drug-likeness (QED) is 0.747. The standard InChI is InChI=1S/C18H16N2O4S/c1-25(23,24)14-8-5-12(6-9-14)11-19-18(22)15-10-7-13-3-2-4-16(21)17(13)20-15/h2-10,21H,11H2,1H3,(H,19,22). The average Bonchev–Trinajstić information content (AvgIpc) is 2.59. The number of benzene rings is 2. The molecule has 3 aromatic rings. The van der Waals surface area contributed by atoms with Gasteiger partial charge in [0, 0.05) is 18.2 Å². The van der Waals surface area contributed by atoms with Crippen LogP contribution in [-0.2, 0) is 16.4 Å². The highest BCUT2D eigenvalue weighted by Crippen LogP contribution is 2.22. The summed E-state index contributed by atoms with van der Waals surface area (Å²) >= 11 is 0. The van der Waals surface area contributed by atoms with Crippen molar-refractivity contribution in [1.29, 1.82) is 0 Å². The molecule has 128 valence electrons. The van der Waals surface area contributed by atoms with Crippen molar-refractivity contribution in [1.82, 2.24) is 10.3 Å². The second-order valence-corrected chi connectivity index (χ2v) is 7.66. The molecule has 0 unspecified atom stereocenters. The number of phenols is 1. The van der Waals surface area contributed by atoms with Gasteiger partial charge in [-0.05, 0) is 29.8 Å². The first-order chi connectivity index (χ1) is 11.8. The van der Waals surface area contributed by atoms with Crippen molar-refractivity contribution in [3.8, 4) is 5.75 Å². The Morgan fingerprint density at radius 2 is 1.80 bits per heavy atom. The van der Waals surface area contributed by atoms with Gasteiger partial charge in [-0.15, -0.1) is 0 Å². The van der Waals surface area contributed by atoms with E-state index in [-0.39, 0.29) is 28.8 Å². The molecule has 0 fully saturated rings. The Morgan fingerprint density at radius 3 is 2.48 bits per heavy atom. The van der Waals surface area contributed by atoms with Crippen molar-refractivity contribution in [2.45, 2.75) is 11.4 Å². The fourth-order valence-electron chi connectivity index (χ4n) is 2.39. The van der Waals surface area contributed by atoms with E-state index in [1.807, 2.05) is 0 Å². The van der Waals surface area contributed by atoms with Crippen LogP contribution in [0.15, 0.2) is 59.5 Å². The normalized spacial score (nSPS) is 11.4. The maximum Gasteiger partial charge on any atom is 0.270 e. The van der Waals surface area contributed by atoms with Crippen LogP contribution in [0, 0.1) is 0 Å². The number of amides is 1. The number of phenolic OH excluding ortho intramolecular Hbond substituents is 1. The smallest absolute Gasteiger partial charge is 0.270 e. The predicted octanol–water partition coefficient (Wildman–Crippen LogP) is 2.27. The third kappa shape index (κ3) is 3.77. The van der Waals surface area contributed by atoms with Gasteiger partial charge in [0.2, 0.25) is 0 Å². The van der Waals surface area contributed by atoms with Gasteiger partial charge < -0.3 is 10.4 Å². The highest BCUT2D eigenvalue weighted by molar-refractivity contribution is 7.90. The van der Waals surface area contributed by atoms with Gasteiger partial charge in [-0.25, -0.2) is 13.4 Å². The number of para-hydroxylation sites is 1. The molecule has 0 aliphatic heterocycles. The third-order valence-corrected chi connectivity index (χ3v) is 4.86. The van der Waals surface area contributed by atoms with Gasteiger partial charge in [0.15, 0.2) is 9.84 Å². The van der Waals surface area contributed by atoms with E-state index >= 15 is 0 Å². The lowest BCUT2D eigenvalue weighted by molar-refractivity contribution is 0.0946. The monoisotopic (exact) mass is 356 g/mol. The number of aromatic nitrogens is 1. The van der Waals surface area contributed by atoms with Crippen LogP contribution in [0.2, 0.25) is 0 Å². The highest BCUT2D eigenvalue weighted by atomic mass is 32.2. The van der Waals surface area contributed by atoms with Gasteiger partial charge >= 0.3 is 0 Å². The van der Waals surface area contributed by atoms with E-state index < -0.39 is 9.84 Å². The Bertz CT molecular complexity index is 1040. The number of pyridine rings is 1. The summed E-state index contributed by atoms with van der Waals surface area (Å²) in [5, 5.41) is 13.3. The molecule has 1 aromatic heterocycles. The number of carbonyl (C=O) groups excluding carboxylic acids is 1. The molecule has 2 aromatic carbocycles. The summed E-state index contributed by atoms with van der Waals surface area (Å²) < 4.78 is 22.9. The Morgan fingerprint density at radius 1 is 1.08 bits per heavy atom. The van der Waals surface area contributed by atoms with Crippen LogP contribution in [-0.4, -0.2) is 30.7 Å². The highest BCUT2D eigenvalue weighted by Gasteiger charge is 2.10. The van der Waals surface area contributed by atoms with Crippen LogP contribution < -0.4 is 5.32 Å². The molecule has 2 N–H and O–H groups in total. The molecular formula is C18H16N2O4S. The van der Waals surface area contributed by atoms with Gasteiger partial charge in [0.25, 0.3) is 5.91 Å². The van der Waals surface area contributed by atoms with E-state index in [1.54, 1.807) is 36.4 Å². The van der Waals surface area contributed by atoms with Crippen LogP contribution in [0.1, 0.15) is 16.1 Å². The summed E-state index contributed by atoms with van der Waals surface area (Å²) in [4.78, 5) is 16.7. The van der Waals surface area contributed by atoms with Crippen molar-refractivity contribution >= 4 is 26.6 Å². The zero-order valence-corrected chi connectivity index (χ0v) is 14.2. The number of rotatable bonds is 4. The van der Waals surface area contributed by atoms with Gasteiger partial charge in [0.1, 0.15) is 17.0 Å². The third-order valence-electron chi connectivity index (χ3n) is 3.74. The van der Waals surface area contributed by atoms with Crippen molar-refractivity contribution in [3.05, 3.63) is 65.9 Å². The molecule has 1 heterocycles. The summed E-state index contributed by atoms with van der Waals surface area (Å²) in [5.74, 6) is -0.360.